The van der Waals surface area contributed by atoms with Crippen LogP contribution in [0.4, 0.5) is 14.9 Å². The van der Waals surface area contributed by atoms with E-state index in [0.717, 1.165) is 12.1 Å². The van der Waals surface area contributed by atoms with Gasteiger partial charge in [-0.15, -0.1) is 0 Å². The molecule has 6 nitrogen and oxygen atoms in total. The monoisotopic (exact) mass is 225 g/mol. The molecule has 2 N–H and O–H groups in total. The molecule has 2 amide bonds. The summed E-state index contributed by atoms with van der Waals surface area (Å²) in [7, 11) is 0. The van der Waals surface area contributed by atoms with Crippen molar-refractivity contribution >= 4 is 11.7 Å². The molecule has 1 saturated heterocycles. The van der Waals surface area contributed by atoms with Gasteiger partial charge in [-0.05, 0) is 11.6 Å². The average Bonchev–Trinajstić information content (AvgIpc) is 2.65. The normalized spacial score (nSPS) is 19.1. The number of hydrogen-bond acceptors (Lipinski definition) is 3. The minimum absolute atomic E-state index is 0.335. The van der Waals surface area contributed by atoms with Crippen molar-refractivity contribution in [3.8, 4) is 0 Å². The Balaban J connectivity index is 2.32. The summed E-state index contributed by atoms with van der Waals surface area (Å²) in [5.41, 5.74) is -0.0786. The number of nitrogens with zero attached hydrogens (tertiary/aromatic N) is 1. The fourth-order valence-electron chi connectivity index (χ4n) is 1.54. The molecule has 84 valence electrons. The molecular formula is C9H8FN3O3. The Labute approximate surface area is 89.6 Å². The lowest BCUT2D eigenvalue weighted by atomic mass is 10.1. The molecular weight excluding hydrogens is 217 g/mol. The molecule has 7 heteroatoms. The van der Waals surface area contributed by atoms with Gasteiger partial charge >= 0.3 is 11.7 Å². The molecule has 1 aliphatic heterocycles. The molecule has 0 saturated carbocycles. The Morgan fingerprint density at radius 2 is 2.25 bits per heavy atom. The Hall–Kier alpha value is -2.18. The average molecular weight is 225 g/mol. The molecule has 0 spiro atoms. The minimum atomic E-state index is -0.883. The van der Waals surface area contributed by atoms with Crippen LogP contribution in [0.25, 0.3) is 0 Å². The van der Waals surface area contributed by atoms with Gasteiger partial charge in [0.2, 0.25) is 5.82 Å². The number of amides is 2. The van der Waals surface area contributed by atoms with Crippen molar-refractivity contribution in [3.63, 3.8) is 0 Å². The van der Waals surface area contributed by atoms with Gasteiger partial charge in [0.25, 0.3) is 0 Å². The zero-order valence-corrected chi connectivity index (χ0v) is 8.07. The molecule has 1 aliphatic rings. The van der Waals surface area contributed by atoms with E-state index in [2.05, 4.69) is 10.6 Å². The number of nitro benzene ring substituents is 1. The molecule has 1 aromatic rings. The molecule has 1 atom stereocenters. The van der Waals surface area contributed by atoms with Crippen LogP contribution in [-0.2, 0) is 0 Å². The van der Waals surface area contributed by atoms with E-state index in [1.54, 1.807) is 0 Å². The number of nitro groups is 1. The van der Waals surface area contributed by atoms with Crippen LogP contribution in [0, 0.1) is 15.9 Å². The third-order valence-corrected chi connectivity index (χ3v) is 2.34. The van der Waals surface area contributed by atoms with Crippen LogP contribution in [-0.4, -0.2) is 17.5 Å². The number of halogens is 1. The van der Waals surface area contributed by atoms with Gasteiger partial charge in [0.05, 0.1) is 11.0 Å². The molecule has 0 unspecified atom stereocenters. The number of hydrogen-bond donors (Lipinski definition) is 2. The summed E-state index contributed by atoms with van der Waals surface area (Å²) in [6, 6.07) is 2.88. The molecule has 0 aromatic heterocycles. The molecule has 1 heterocycles. The SMILES string of the molecule is O=C1NC[C@@H](c2ccc(F)c([N+](=O)[O-])c2)N1. The predicted octanol–water partition coefficient (Wildman–Crippen LogP) is 1.09. The summed E-state index contributed by atoms with van der Waals surface area (Å²) >= 11 is 0. The molecule has 16 heavy (non-hydrogen) atoms. The second-order valence-corrected chi connectivity index (χ2v) is 3.37. The van der Waals surface area contributed by atoms with E-state index in [0.29, 0.717) is 12.1 Å². The van der Waals surface area contributed by atoms with Crippen molar-refractivity contribution < 1.29 is 14.1 Å². The highest BCUT2D eigenvalue weighted by molar-refractivity contribution is 5.76. The molecule has 2 rings (SSSR count). The maximum Gasteiger partial charge on any atom is 0.315 e. The van der Waals surface area contributed by atoms with E-state index < -0.39 is 16.4 Å². The summed E-state index contributed by atoms with van der Waals surface area (Å²) in [4.78, 5) is 20.6. The predicted molar refractivity (Wildman–Crippen MR) is 52.3 cm³/mol. The lowest BCUT2D eigenvalue weighted by Crippen LogP contribution is -2.21. The highest BCUT2D eigenvalue weighted by Gasteiger charge is 2.24. The van der Waals surface area contributed by atoms with Gasteiger partial charge < -0.3 is 10.6 Å². The standard InChI is InChI=1S/C9H8FN3O3/c10-6-2-1-5(3-8(6)13(15)16)7-4-11-9(14)12-7/h1-3,7H,4H2,(H2,11,12,14)/t7-/m0/s1. The van der Waals surface area contributed by atoms with Crippen molar-refractivity contribution in [1.29, 1.82) is 0 Å². The largest absolute Gasteiger partial charge is 0.336 e. The number of carbonyl (C=O) groups excluding carboxylic acids is 1. The number of carbonyl (C=O) groups is 1. The summed E-state index contributed by atoms with van der Waals surface area (Å²) in [6.07, 6.45) is 0. The van der Waals surface area contributed by atoms with Gasteiger partial charge in [-0.2, -0.15) is 4.39 Å². The lowest BCUT2D eigenvalue weighted by molar-refractivity contribution is -0.387. The van der Waals surface area contributed by atoms with Crippen LogP contribution >= 0.6 is 0 Å². The van der Waals surface area contributed by atoms with Crippen LogP contribution in [0.2, 0.25) is 0 Å². The summed E-state index contributed by atoms with van der Waals surface area (Å²) < 4.78 is 13.0. The third-order valence-electron chi connectivity index (χ3n) is 2.34. The smallest absolute Gasteiger partial charge is 0.315 e. The summed E-state index contributed by atoms with van der Waals surface area (Å²) in [5, 5.41) is 15.6. The zero-order chi connectivity index (χ0) is 11.7. The van der Waals surface area contributed by atoms with E-state index >= 15 is 0 Å². The fraction of sp³-hybridized carbons (Fsp3) is 0.222. The molecule has 0 aliphatic carbocycles. The van der Waals surface area contributed by atoms with Gasteiger partial charge in [0.1, 0.15) is 0 Å². The molecule has 1 aromatic carbocycles. The highest BCUT2D eigenvalue weighted by Crippen LogP contribution is 2.23. The molecule has 0 bridgehead atoms. The molecule has 0 radical (unpaired) electrons. The quantitative estimate of drug-likeness (QED) is 0.583. The van der Waals surface area contributed by atoms with Crippen molar-refractivity contribution in [2.75, 3.05) is 6.54 Å². The maximum absolute atomic E-state index is 13.0. The first-order chi connectivity index (χ1) is 7.58. The van der Waals surface area contributed by atoms with Crippen LogP contribution < -0.4 is 10.6 Å². The molecule has 1 fully saturated rings. The van der Waals surface area contributed by atoms with E-state index in [1.807, 2.05) is 0 Å². The number of rotatable bonds is 2. The Kier molecular flexibility index (Phi) is 2.43. The van der Waals surface area contributed by atoms with Crippen molar-refractivity contribution in [3.05, 3.63) is 39.7 Å². The Morgan fingerprint density at radius 3 is 2.81 bits per heavy atom. The Bertz CT molecular complexity index is 463. The minimum Gasteiger partial charge on any atom is -0.336 e. The van der Waals surface area contributed by atoms with Crippen molar-refractivity contribution in [2.24, 2.45) is 0 Å². The van der Waals surface area contributed by atoms with E-state index in [4.69, 9.17) is 0 Å². The lowest BCUT2D eigenvalue weighted by Gasteiger charge is -2.08. The van der Waals surface area contributed by atoms with Gasteiger partial charge in [-0.25, -0.2) is 4.79 Å². The van der Waals surface area contributed by atoms with Crippen molar-refractivity contribution in [2.45, 2.75) is 6.04 Å². The number of urea groups is 1. The second kappa shape index (κ2) is 3.76. The van der Waals surface area contributed by atoms with E-state index in [1.165, 1.54) is 6.07 Å². The van der Waals surface area contributed by atoms with Crippen molar-refractivity contribution in [1.82, 2.24) is 10.6 Å². The van der Waals surface area contributed by atoms with Crippen LogP contribution in [0.15, 0.2) is 18.2 Å². The zero-order valence-electron chi connectivity index (χ0n) is 8.07. The second-order valence-electron chi connectivity index (χ2n) is 3.37. The van der Waals surface area contributed by atoms with E-state index in [-0.39, 0.29) is 12.1 Å². The summed E-state index contributed by atoms with van der Waals surface area (Å²) in [6.45, 7) is 0.335. The van der Waals surface area contributed by atoms with E-state index in [9.17, 15) is 19.3 Å². The maximum atomic E-state index is 13.0. The van der Waals surface area contributed by atoms with Gasteiger partial charge in [-0.3, -0.25) is 10.1 Å². The fourth-order valence-corrected chi connectivity index (χ4v) is 1.54. The summed E-state index contributed by atoms with van der Waals surface area (Å²) in [5.74, 6) is -0.883. The third kappa shape index (κ3) is 1.79. The van der Waals surface area contributed by atoms with Gasteiger partial charge in [-0.1, -0.05) is 6.07 Å². The first-order valence-electron chi connectivity index (χ1n) is 4.56. The van der Waals surface area contributed by atoms with Gasteiger partial charge in [0, 0.05) is 12.6 Å². The topological polar surface area (TPSA) is 84.3 Å². The Morgan fingerprint density at radius 1 is 1.50 bits per heavy atom. The van der Waals surface area contributed by atoms with Crippen LogP contribution in [0.1, 0.15) is 11.6 Å². The van der Waals surface area contributed by atoms with Crippen LogP contribution in [0.3, 0.4) is 0 Å². The number of benzene rings is 1. The number of nitrogens with one attached hydrogen (secondary N) is 2. The first-order valence-corrected chi connectivity index (χ1v) is 4.56. The van der Waals surface area contributed by atoms with Crippen LogP contribution in [0.5, 0.6) is 0 Å². The highest BCUT2D eigenvalue weighted by atomic mass is 19.1. The first kappa shape index (κ1) is 10.3. The van der Waals surface area contributed by atoms with Gasteiger partial charge in [0.15, 0.2) is 0 Å².